The van der Waals surface area contributed by atoms with Crippen molar-refractivity contribution in [1.82, 2.24) is 15.1 Å². The van der Waals surface area contributed by atoms with E-state index in [1.807, 2.05) is 36.1 Å². The largest absolute Gasteiger partial charge is 0.404 e. The Morgan fingerprint density at radius 1 is 1.36 bits per heavy atom. The lowest BCUT2D eigenvalue weighted by molar-refractivity contribution is -0.128. The molecule has 0 saturated carbocycles. The van der Waals surface area contributed by atoms with Crippen molar-refractivity contribution in [3.8, 4) is 6.07 Å². The number of nitriles is 1. The number of rotatable bonds is 5. The van der Waals surface area contributed by atoms with Gasteiger partial charge in [0.15, 0.2) is 0 Å². The van der Waals surface area contributed by atoms with E-state index < -0.39 is 0 Å². The lowest BCUT2D eigenvalue weighted by atomic mass is 9.88. The lowest BCUT2D eigenvalue weighted by Gasteiger charge is -2.33. The fourth-order valence-electron chi connectivity index (χ4n) is 3.40. The molecular formula is C21H23N5O2. The average Bonchev–Trinajstić information content (AvgIpc) is 3.18. The number of hydrogen-bond acceptors (Lipinski definition) is 6. The lowest BCUT2D eigenvalue weighted by Crippen LogP contribution is -2.38. The summed E-state index contributed by atoms with van der Waals surface area (Å²) in [4.78, 5) is 14.8. The maximum absolute atomic E-state index is 12.9. The first kappa shape index (κ1) is 19.4. The van der Waals surface area contributed by atoms with Crippen LogP contribution in [0.25, 0.3) is 5.57 Å². The molecule has 2 heterocycles. The van der Waals surface area contributed by atoms with Crippen LogP contribution in [0.4, 0.5) is 6.01 Å². The van der Waals surface area contributed by atoms with Crippen LogP contribution in [0.2, 0.25) is 0 Å². The number of benzene rings is 1. The molecule has 1 aliphatic heterocycles. The van der Waals surface area contributed by atoms with Crippen LogP contribution in [-0.4, -0.2) is 34.1 Å². The quantitative estimate of drug-likeness (QED) is 0.632. The number of amides is 1. The number of carbonyl (C=O) groups is 1. The summed E-state index contributed by atoms with van der Waals surface area (Å²) in [6.07, 6.45) is 4.07. The summed E-state index contributed by atoms with van der Waals surface area (Å²) in [7, 11) is 0. The number of hydrogen-bond donors (Lipinski definition) is 1. The predicted octanol–water partition coefficient (Wildman–Crippen LogP) is 3.28. The van der Waals surface area contributed by atoms with Gasteiger partial charge < -0.3 is 15.1 Å². The van der Waals surface area contributed by atoms with Crippen molar-refractivity contribution >= 4 is 17.5 Å². The molecular weight excluding hydrogens is 354 g/mol. The van der Waals surface area contributed by atoms with Gasteiger partial charge in [0.2, 0.25) is 11.8 Å². The summed E-state index contributed by atoms with van der Waals surface area (Å²) in [5, 5.41) is 16.3. The van der Waals surface area contributed by atoms with Gasteiger partial charge in [0, 0.05) is 24.2 Å². The van der Waals surface area contributed by atoms with Gasteiger partial charge in [-0.15, -0.1) is 5.10 Å². The Hall–Kier alpha value is -3.40. The van der Waals surface area contributed by atoms with Crippen LogP contribution in [0.5, 0.6) is 0 Å². The van der Waals surface area contributed by atoms with Gasteiger partial charge in [-0.1, -0.05) is 30.7 Å². The van der Waals surface area contributed by atoms with E-state index in [2.05, 4.69) is 22.8 Å². The molecule has 2 aromatic rings. The first-order valence-corrected chi connectivity index (χ1v) is 9.30. The first-order chi connectivity index (χ1) is 13.5. The highest BCUT2D eigenvalue weighted by Crippen LogP contribution is 2.29. The molecule has 2 N–H and O–H groups in total. The molecule has 0 radical (unpaired) electrons. The highest BCUT2D eigenvalue weighted by Gasteiger charge is 2.25. The Morgan fingerprint density at radius 3 is 2.57 bits per heavy atom. The molecule has 1 aromatic heterocycles. The average molecular weight is 377 g/mol. The van der Waals surface area contributed by atoms with Gasteiger partial charge in [0.05, 0.1) is 11.6 Å². The van der Waals surface area contributed by atoms with Gasteiger partial charge in [0.1, 0.15) is 0 Å². The van der Waals surface area contributed by atoms with Gasteiger partial charge in [-0.2, -0.15) is 5.26 Å². The summed E-state index contributed by atoms with van der Waals surface area (Å²) >= 11 is 0. The SMILES string of the molecule is C=C(/C=C(\CC)C(=O)N1CCC(c2ccc(C#N)cc2)CC1)c1nnc(N)o1. The zero-order valence-electron chi connectivity index (χ0n) is 15.9. The third-order valence-corrected chi connectivity index (χ3v) is 5.01. The molecule has 144 valence electrons. The second-order valence-electron chi connectivity index (χ2n) is 6.79. The molecule has 1 amide bonds. The molecule has 0 unspecified atom stereocenters. The van der Waals surface area contributed by atoms with E-state index in [0.29, 0.717) is 42.1 Å². The van der Waals surface area contributed by atoms with Crippen molar-refractivity contribution < 1.29 is 9.21 Å². The standard InChI is InChI=1S/C21H23N5O2/c1-3-16(12-14(2)19-24-25-21(23)28-19)20(27)26-10-8-18(9-11-26)17-6-4-15(13-22)5-7-17/h4-7,12,18H,2-3,8-11H2,1H3,(H2,23,25)/b16-12+. The number of nitrogens with two attached hydrogens (primary N) is 1. The van der Waals surface area contributed by atoms with Crippen molar-refractivity contribution in [3.05, 3.63) is 59.5 Å². The van der Waals surface area contributed by atoms with Crippen molar-refractivity contribution in [2.24, 2.45) is 0 Å². The smallest absolute Gasteiger partial charge is 0.313 e. The van der Waals surface area contributed by atoms with Crippen LogP contribution in [0.1, 0.15) is 49.1 Å². The fourth-order valence-corrected chi connectivity index (χ4v) is 3.40. The molecule has 28 heavy (non-hydrogen) atoms. The van der Waals surface area contributed by atoms with Crippen molar-refractivity contribution in [3.63, 3.8) is 0 Å². The van der Waals surface area contributed by atoms with Crippen LogP contribution in [0.3, 0.4) is 0 Å². The van der Waals surface area contributed by atoms with E-state index in [4.69, 9.17) is 15.4 Å². The third kappa shape index (κ3) is 4.29. The van der Waals surface area contributed by atoms with Crippen LogP contribution in [0, 0.1) is 11.3 Å². The summed E-state index contributed by atoms with van der Waals surface area (Å²) < 4.78 is 5.16. The minimum Gasteiger partial charge on any atom is -0.404 e. The zero-order chi connectivity index (χ0) is 20.1. The number of likely N-dealkylation sites (tertiary alicyclic amines) is 1. The number of carbonyl (C=O) groups excluding carboxylic acids is 1. The second kappa shape index (κ2) is 8.53. The maximum atomic E-state index is 12.9. The minimum atomic E-state index is -0.0289. The van der Waals surface area contributed by atoms with Crippen LogP contribution < -0.4 is 5.73 Å². The maximum Gasteiger partial charge on any atom is 0.313 e. The van der Waals surface area contributed by atoms with Crippen LogP contribution >= 0.6 is 0 Å². The van der Waals surface area contributed by atoms with E-state index >= 15 is 0 Å². The Balaban J connectivity index is 1.63. The fraction of sp³-hybridized carbons (Fsp3) is 0.333. The first-order valence-electron chi connectivity index (χ1n) is 9.30. The van der Waals surface area contributed by atoms with E-state index in [0.717, 1.165) is 12.8 Å². The number of nitrogen functional groups attached to an aromatic ring is 1. The van der Waals surface area contributed by atoms with Crippen LogP contribution in [0.15, 0.2) is 46.9 Å². The topological polar surface area (TPSA) is 109 Å². The molecule has 1 fully saturated rings. The molecule has 1 aliphatic rings. The minimum absolute atomic E-state index is 0.00872. The van der Waals surface area contributed by atoms with Crippen molar-refractivity contribution in [2.75, 3.05) is 18.8 Å². The van der Waals surface area contributed by atoms with Gasteiger partial charge in [-0.25, -0.2) is 0 Å². The summed E-state index contributed by atoms with van der Waals surface area (Å²) in [6.45, 7) is 7.22. The van der Waals surface area contributed by atoms with Crippen molar-refractivity contribution in [2.45, 2.75) is 32.1 Å². The Bertz CT molecular complexity index is 928. The monoisotopic (exact) mass is 377 g/mol. The highest BCUT2D eigenvalue weighted by atomic mass is 16.4. The molecule has 7 nitrogen and oxygen atoms in total. The predicted molar refractivity (Wildman–Crippen MR) is 106 cm³/mol. The Labute approximate surface area is 164 Å². The molecule has 0 atom stereocenters. The number of nitrogens with zero attached hydrogens (tertiary/aromatic N) is 4. The highest BCUT2D eigenvalue weighted by molar-refractivity contribution is 5.96. The zero-order valence-corrected chi connectivity index (χ0v) is 15.9. The normalized spacial score (nSPS) is 15.3. The molecule has 0 spiro atoms. The second-order valence-corrected chi connectivity index (χ2v) is 6.79. The molecule has 7 heteroatoms. The number of aromatic nitrogens is 2. The van der Waals surface area contributed by atoms with E-state index in [1.165, 1.54) is 5.56 Å². The third-order valence-electron chi connectivity index (χ3n) is 5.01. The van der Waals surface area contributed by atoms with Gasteiger partial charge in [-0.3, -0.25) is 4.79 Å². The number of allylic oxidation sites excluding steroid dienone is 2. The van der Waals surface area contributed by atoms with Gasteiger partial charge >= 0.3 is 6.01 Å². The van der Waals surface area contributed by atoms with Crippen LogP contribution in [-0.2, 0) is 4.79 Å². The molecule has 0 aliphatic carbocycles. The summed E-state index contributed by atoms with van der Waals surface area (Å²) in [5.74, 6) is 0.632. The molecule has 3 rings (SSSR count). The van der Waals surface area contributed by atoms with E-state index in [-0.39, 0.29) is 17.8 Å². The van der Waals surface area contributed by atoms with E-state index in [9.17, 15) is 4.79 Å². The summed E-state index contributed by atoms with van der Waals surface area (Å²) in [6, 6.07) is 9.83. The Morgan fingerprint density at radius 2 is 2.04 bits per heavy atom. The summed E-state index contributed by atoms with van der Waals surface area (Å²) in [5.41, 5.74) is 8.45. The molecule has 0 bridgehead atoms. The molecule has 1 saturated heterocycles. The van der Waals surface area contributed by atoms with Crippen molar-refractivity contribution in [1.29, 1.82) is 5.26 Å². The van der Waals surface area contributed by atoms with E-state index in [1.54, 1.807) is 6.08 Å². The van der Waals surface area contributed by atoms with Gasteiger partial charge in [-0.05, 0) is 49.0 Å². The Kier molecular flexibility index (Phi) is 5.90. The number of anilines is 1. The van der Waals surface area contributed by atoms with Gasteiger partial charge in [0.25, 0.3) is 0 Å². The molecule has 1 aromatic carbocycles. The number of piperidine rings is 1.